The van der Waals surface area contributed by atoms with E-state index in [0.29, 0.717) is 0 Å². The number of benzene rings is 1. The molecule has 0 aliphatic heterocycles. The molecule has 20 heavy (non-hydrogen) atoms. The summed E-state index contributed by atoms with van der Waals surface area (Å²) in [7, 11) is 0. The maximum absolute atomic E-state index is 6.21. The number of rotatable bonds is 5. The van der Waals surface area contributed by atoms with Gasteiger partial charge in [-0.1, -0.05) is 53.9 Å². The van der Waals surface area contributed by atoms with Crippen molar-refractivity contribution in [3.63, 3.8) is 0 Å². The van der Waals surface area contributed by atoms with Gasteiger partial charge in [-0.2, -0.15) is 0 Å². The lowest BCUT2D eigenvalue weighted by Crippen LogP contribution is -2.24. The Morgan fingerprint density at radius 1 is 1.20 bits per heavy atom. The Morgan fingerprint density at radius 3 is 2.50 bits per heavy atom. The second-order valence-electron chi connectivity index (χ2n) is 4.68. The second kappa shape index (κ2) is 7.15. The van der Waals surface area contributed by atoms with E-state index in [1.807, 2.05) is 24.3 Å². The van der Waals surface area contributed by atoms with Gasteiger partial charge in [0, 0.05) is 17.1 Å². The number of hydrogen-bond donors (Lipinski definition) is 1. The van der Waals surface area contributed by atoms with Crippen LogP contribution in [0.3, 0.4) is 0 Å². The van der Waals surface area contributed by atoms with Gasteiger partial charge in [0.1, 0.15) is 0 Å². The first kappa shape index (κ1) is 16.1. The molecule has 1 N–H and O–H groups in total. The fourth-order valence-corrected chi connectivity index (χ4v) is 4.06. The summed E-state index contributed by atoms with van der Waals surface area (Å²) < 4.78 is 1.46. The molecule has 0 amide bonds. The van der Waals surface area contributed by atoms with Crippen LogP contribution in [0.25, 0.3) is 0 Å². The van der Waals surface area contributed by atoms with Gasteiger partial charge in [-0.15, -0.1) is 11.3 Å². The lowest BCUT2D eigenvalue weighted by atomic mass is 10.0. The normalized spacial score (nSPS) is 14.2. The van der Waals surface area contributed by atoms with Crippen LogP contribution in [-0.2, 0) is 0 Å². The Kier molecular flexibility index (Phi) is 5.76. The zero-order chi connectivity index (χ0) is 14.7. The number of nitrogens with one attached hydrogen (secondary N) is 1. The molecule has 0 bridgehead atoms. The van der Waals surface area contributed by atoms with Crippen LogP contribution in [0.4, 0.5) is 0 Å². The van der Waals surface area contributed by atoms with Crippen LogP contribution in [0.5, 0.6) is 0 Å². The van der Waals surface area contributed by atoms with Crippen molar-refractivity contribution in [1.82, 2.24) is 5.32 Å². The number of thiophene rings is 1. The fraction of sp³-hybridized carbons (Fsp3) is 0.333. The molecule has 0 aliphatic carbocycles. The molecule has 5 heteroatoms. The first-order valence-electron chi connectivity index (χ1n) is 6.47. The predicted molar refractivity (Wildman–Crippen MR) is 90.4 cm³/mol. The fourth-order valence-electron chi connectivity index (χ4n) is 2.21. The van der Waals surface area contributed by atoms with E-state index in [1.165, 1.54) is 16.9 Å². The zero-order valence-electron chi connectivity index (χ0n) is 11.3. The second-order valence-corrected chi connectivity index (χ2v) is 7.41. The summed E-state index contributed by atoms with van der Waals surface area (Å²) >= 11 is 19.7. The Bertz CT molecular complexity index is 582. The van der Waals surface area contributed by atoms with Crippen molar-refractivity contribution in [3.8, 4) is 0 Å². The van der Waals surface area contributed by atoms with E-state index in [1.54, 1.807) is 0 Å². The van der Waals surface area contributed by atoms with Crippen molar-refractivity contribution in [2.24, 2.45) is 0 Å². The molecule has 2 atom stereocenters. The SMILES string of the molecule is CCC(NC(C)c1cc(Cl)sc1Cl)c1cccc(Cl)c1. The standard InChI is InChI=1S/C15H16Cl3NS/c1-3-13(10-5-4-6-11(16)7-10)19-9(2)12-8-14(17)20-15(12)18/h4-9,13,19H,3H2,1-2H3. The van der Waals surface area contributed by atoms with E-state index >= 15 is 0 Å². The summed E-state index contributed by atoms with van der Waals surface area (Å²) in [6.45, 7) is 4.24. The third-order valence-corrected chi connectivity index (χ3v) is 5.01. The molecule has 2 unspecified atom stereocenters. The summed E-state index contributed by atoms with van der Waals surface area (Å²) in [5, 5.41) is 4.34. The first-order chi connectivity index (χ1) is 9.51. The highest BCUT2D eigenvalue weighted by molar-refractivity contribution is 7.20. The van der Waals surface area contributed by atoms with Gasteiger partial charge in [0.15, 0.2) is 0 Å². The third kappa shape index (κ3) is 3.90. The molecule has 0 spiro atoms. The van der Waals surface area contributed by atoms with Crippen molar-refractivity contribution >= 4 is 46.1 Å². The molecule has 2 rings (SSSR count). The van der Waals surface area contributed by atoms with Crippen LogP contribution in [0.1, 0.15) is 43.5 Å². The van der Waals surface area contributed by atoms with Gasteiger partial charge < -0.3 is 5.32 Å². The van der Waals surface area contributed by atoms with Gasteiger partial charge in [-0.05, 0) is 42.7 Å². The first-order valence-corrected chi connectivity index (χ1v) is 8.42. The number of hydrogen-bond acceptors (Lipinski definition) is 2. The van der Waals surface area contributed by atoms with Crippen molar-refractivity contribution in [2.75, 3.05) is 0 Å². The van der Waals surface area contributed by atoms with Crippen LogP contribution < -0.4 is 5.32 Å². The summed E-state index contributed by atoms with van der Waals surface area (Å²) in [5.74, 6) is 0. The molecular formula is C15H16Cl3NS. The quantitative estimate of drug-likeness (QED) is 0.649. The summed E-state index contributed by atoms with van der Waals surface area (Å²) in [6, 6.07) is 10.2. The Hall–Kier alpha value is -0.250. The van der Waals surface area contributed by atoms with E-state index in [0.717, 1.165) is 25.7 Å². The summed E-state index contributed by atoms with van der Waals surface area (Å²) in [4.78, 5) is 0. The van der Waals surface area contributed by atoms with Crippen LogP contribution >= 0.6 is 46.1 Å². The Balaban J connectivity index is 2.16. The maximum Gasteiger partial charge on any atom is 0.0991 e. The van der Waals surface area contributed by atoms with Gasteiger partial charge in [0.25, 0.3) is 0 Å². The van der Waals surface area contributed by atoms with E-state index in [4.69, 9.17) is 34.8 Å². The van der Waals surface area contributed by atoms with Gasteiger partial charge in [-0.25, -0.2) is 0 Å². The zero-order valence-corrected chi connectivity index (χ0v) is 14.4. The molecule has 0 saturated carbocycles. The maximum atomic E-state index is 6.21. The van der Waals surface area contributed by atoms with E-state index in [2.05, 4.69) is 25.2 Å². The highest BCUT2D eigenvalue weighted by Crippen LogP contribution is 2.36. The molecule has 1 aromatic heterocycles. The lowest BCUT2D eigenvalue weighted by molar-refractivity contribution is 0.457. The lowest BCUT2D eigenvalue weighted by Gasteiger charge is -2.23. The van der Waals surface area contributed by atoms with Crippen molar-refractivity contribution in [3.05, 3.63) is 55.2 Å². The minimum atomic E-state index is 0.134. The molecule has 0 fully saturated rings. The monoisotopic (exact) mass is 347 g/mol. The molecule has 1 aromatic carbocycles. The topological polar surface area (TPSA) is 12.0 Å². The smallest absolute Gasteiger partial charge is 0.0991 e. The van der Waals surface area contributed by atoms with E-state index in [9.17, 15) is 0 Å². The average Bonchev–Trinajstić information content (AvgIpc) is 2.75. The highest BCUT2D eigenvalue weighted by Gasteiger charge is 2.17. The van der Waals surface area contributed by atoms with Gasteiger partial charge in [-0.3, -0.25) is 0 Å². The Labute approximate surface area is 138 Å². The molecule has 0 saturated heterocycles. The minimum Gasteiger partial charge on any atom is -0.303 e. The molecular weight excluding hydrogens is 333 g/mol. The molecule has 108 valence electrons. The largest absolute Gasteiger partial charge is 0.303 e. The third-order valence-electron chi connectivity index (χ3n) is 3.26. The van der Waals surface area contributed by atoms with Crippen LogP contribution in [0.2, 0.25) is 13.7 Å². The highest BCUT2D eigenvalue weighted by atomic mass is 35.5. The van der Waals surface area contributed by atoms with Crippen molar-refractivity contribution < 1.29 is 0 Å². The average molecular weight is 349 g/mol. The molecule has 1 nitrogen and oxygen atoms in total. The van der Waals surface area contributed by atoms with Crippen LogP contribution in [0.15, 0.2) is 30.3 Å². The molecule has 1 heterocycles. The van der Waals surface area contributed by atoms with Crippen molar-refractivity contribution in [1.29, 1.82) is 0 Å². The number of halogens is 3. The predicted octanol–water partition coefficient (Wildman–Crippen LogP) is 6.51. The van der Waals surface area contributed by atoms with E-state index < -0.39 is 0 Å². The van der Waals surface area contributed by atoms with E-state index in [-0.39, 0.29) is 12.1 Å². The molecule has 2 aromatic rings. The van der Waals surface area contributed by atoms with Crippen LogP contribution in [0, 0.1) is 0 Å². The molecule has 0 aliphatic rings. The summed E-state index contributed by atoms with van der Waals surface area (Å²) in [6.07, 6.45) is 0.972. The summed E-state index contributed by atoms with van der Waals surface area (Å²) in [5.41, 5.74) is 2.23. The van der Waals surface area contributed by atoms with Crippen LogP contribution in [-0.4, -0.2) is 0 Å². The van der Waals surface area contributed by atoms with Gasteiger partial charge in [0.05, 0.1) is 8.67 Å². The minimum absolute atomic E-state index is 0.134. The van der Waals surface area contributed by atoms with Crippen molar-refractivity contribution in [2.45, 2.75) is 32.4 Å². The Morgan fingerprint density at radius 2 is 1.95 bits per heavy atom. The van der Waals surface area contributed by atoms with Gasteiger partial charge >= 0.3 is 0 Å². The van der Waals surface area contributed by atoms with Gasteiger partial charge in [0.2, 0.25) is 0 Å². The molecule has 0 radical (unpaired) electrons.